The van der Waals surface area contributed by atoms with Gasteiger partial charge >= 0.3 is 6.18 Å². The number of benzene rings is 1. The molecule has 0 saturated heterocycles. The van der Waals surface area contributed by atoms with Gasteiger partial charge in [-0.15, -0.1) is 12.4 Å². The molecule has 0 spiro atoms. The number of hydrogen-bond acceptors (Lipinski definition) is 2. The lowest BCUT2D eigenvalue weighted by molar-refractivity contribution is -0.137. The zero-order valence-electron chi connectivity index (χ0n) is 8.96. The highest BCUT2D eigenvalue weighted by molar-refractivity contribution is 5.85. The van der Waals surface area contributed by atoms with Crippen LogP contribution in [0, 0.1) is 0 Å². The van der Waals surface area contributed by atoms with Gasteiger partial charge in [0.1, 0.15) is 5.75 Å². The number of hydrogen-bond donors (Lipinski definition) is 1. The molecule has 1 heterocycles. The molecule has 2 N–H and O–H groups in total. The van der Waals surface area contributed by atoms with Gasteiger partial charge in [-0.2, -0.15) is 13.2 Å². The number of fused-ring (bicyclic) bond motifs is 1. The lowest BCUT2D eigenvalue weighted by Crippen LogP contribution is -2.21. The summed E-state index contributed by atoms with van der Waals surface area (Å²) in [5.41, 5.74) is 5.47. The van der Waals surface area contributed by atoms with Gasteiger partial charge in [-0.1, -0.05) is 0 Å². The summed E-state index contributed by atoms with van der Waals surface area (Å²) >= 11 is 0. The van der Waals surface area contributed by atoms with E-state index in [-0.39, 0.29) is 18.3 Å². The summed E-state index contributed by atoms with van der Waals surface area (Å²) in [5.74, 6) is 0.487. The first-order valence-corrected chi connectivity index (χ1v) is 5.06. The van der Waals surface area contributed by atoms with Gasteiger partial charge < -0.3 is 10.5 Å². The summed E-state index contributed by atoms with van der Waals surface area (Å²) < 4.78 is 42.9. The molecule has 2 nitrogen and oxygen atoms in total. The summed E-state index contributed by atoms with van der Waals surface area (Å²) in [7, 11) is 0. The van der Waals surface area contributed by atoms with Gasteiger partial charge in [-0.3, -0.25) is 0 Å². The lowest BCUT2D eigenvalue weighted by atomic mass is 9.92. The lowest BCUT2D eigenvalue weighted by Gasteiger charge is -2.25. The molecule has 1 unspecified atom stereocenters. The van der Waals surface area contributed by atoms with Crippen LogP contribution in [0.4, 0.5) is 13.2 Å². The zero-order chi connectivity index (χ0) is 11.8. The van der Waals surface area contributed by atoms with Crippen LogP contribution in [0.2, 0.25) is 0 Å². The Balaban J connectivity index is 0.00000144. The van der Waals surface area contributed by atoms with Crippen LogP contribution in [0.3, 0.4) is 0 Å². The summed E-state index contributed by atoms with van der Waals surface area (Å²) in [5, 5.41) is 0. The zero-order valence-corrected chi connectivity index (χ0v) is 9.77. The highest BCUT2D eigenvalue weighted by atomic mass is 35.5. The normalized spacial score (nSPS) is 18.9. The molecular formula is C11H13ClF3NO. The molecule has 0 bridgehead atoms. The number of ether oxygens (including phenoxy) is 1. The van der Waals surface area contributed by atoms with Crippen molar-refractivity contribution in [1.29, 1.82) is 0 Å². The third kappa shape index (κ3) is 2.84. The molecular weight excluding hydrogens is 255 g/mol. The minimum atomic E-state index is -4.31. The smallest absolute Gasteiger partial charge is 0.416 e. The van der Waals surface area contributed by atoms with E-state index in [9.17, 15) is 13.2 Å². The van der Waals surface area contributed by atoms with Crippen molar-refractivity contribution >= 4 is 12.4 Å². The molecule has 1 aliphatic heterocycles. The minimum absolute atomic E-state index is 0. The Hall–Kier alpha value is -0.940. The second-order valence-corrected chi connectivity index (χ2v) is 3.82. The fourth-order valence-corrected chi connectivity index (χ4v) is 1.89. The van der Waals surface area contributed by atoms with Gasteiger partial charge in [0.15, 0.2) is 0 Å². The first-order valence-electron chi connectivity index (χ1n) is 5.06. The molecule has 1 atom stereocenters. The van der Waals surface area contributed by atoms with Gasteiger partial charge in [0, 0.05) is 5.92 Å². The quantitative estimate of drug-likeness (QED) is 0.849. The summed E-state index contributed by atoms with van der Waals surface area (Å²) in [6.45, 7) is 0.859. The molecule has 0 aliphatic carbocycles. The van der Waals surface area contributed by atoms with Crippen molar-refractivity contribution in [3.05, 3.63) is 29.3 Å². The van der Waals surface area contributed by atoms with Crippen molar-refractivity contribution in [2.75, 3.05) is 13.2 Å². The molecule has 0 radical (unpaired) electrons. The maximum atomic E-state index is 12.5. The Bertz CT molecular complexity index is 395. The topological polar surface area (TPSA) is 35.2 Å². The molecule has 2 rings (SSSR count). The standard InChI is InChI=1S/C11H12F3NO.ClH/c12-11(13,14)8-1-2-10-9(5-8)7(6-15)3-4-16-10;/h1-2,5,7H,3-4,6,15H2;1H. The summed E-state index contributed by atoms with van der Waals surface area (Å²) in [6, 6.07) is 3.56. The minimum Gasteiger partial charge on any atom is -0.493 e. The van der Waals surface area contributed by atoms with Crippen LogP contribution in [0.15, 0.2) is 18.2 Å². The molecule has 17 heavy (non-hydrogen) atoms. The average Bonchev–Trinajstić information content (AvgIpc) is 2.26. The monoisotopic (exact) mass is 267 g/mol. The Kier molecular flexibility index (Phi) is 4.27. The SMILES string of the molecule is Cl.NCC1CCOc2ccc(C(F)(F)F)cc21. The molecule has 0 amide bonds. The van der Waals surface area contributed by atoms with Crippen molar-refractivity contribution < 1.29 is 17.9 Å². The maximum Gasteiger partial charge on any atom is 0.416 e. The van der Waals surface area contributed by atoms with Crippen molar-refractivity contribution in [2.24, 2.45) is 5.73 Å². The predicted octanol–water partition coefficient (Wildman–Crippen LogP) is 2.95. The van der Waals surface area contributed by atoms with Crippen LogP contribution in [0.5, 0.6) is 5.75 Å². The van der Waals surface area contributed by atoms with Gasteiger partial charge in [0.2, 0.25) is 0 Å². The molecule has 1 aliphatic rings. The van der Waals surface area contributed by atoms with E-state index in [2.05, 4.69) is 0 Å². The van der Waals surface area contributed by atoms with Gasteiger partial charge in [-0.25, -0.2) is 0 Å². The van der Waals surface area contributed by atoms with E-state index in [0.717, 1.165) is 12.1 Å². The molecule has 0 saturated carbocycles. The van der Waals surface area contributed by atoms with E-state index in [1.165, 1.54) is 6.07 Å². The molecule has 0 aromatic heterocycles. The number of alkyl halides is 3. The predicted molar refractivity (Wildman–Crippen MR) is 60.6 cm³/mol. The highest BCUT2D eigenvalue weighted by Gasteiger charge is 2.32. The average molecular weight is 268 g/mol. The number of halogens is 4. The van der Waals surface area contributed by atoms with Gasteiger partial charge in [-0.05, 0) is 36.7 Å². The third-order valence-corrected chi connectivity index (χ3v) is 2.79. The van der Waals surface area contributed by atoms with E-state index < -0.39 is 11.7 Å². The Morgan fingerprint density at radius 1 is 1.35 bits per heavy atom. The Morgan fingerprint density at radius 3 is 2.65 bits per heavy atom. The highest BCUT2D eigenvalue weighted by Crippen LogP contribution is 2.38. The van der Waals surface area contributed by atoms with E-state index in [0.29, 0.717) is 30.9 Å². The van der Waals surface area contributed by atoms with E-state index in [1.54, 1.807) is 0 Å². The molecule has 1 aromatic rings. The Morgan fingerprint density at radius 2 is 2.06 bits per heavy atom. The fourth-order valence-electron chi connectivity index (χ4n) is 1.89. The number of rotatable bonds is 1. The molecule has 0 fully saturated rings. The van der Waals surface area contributed by atoms with Gasteiger partial charge in [0.25, 0.3) is 0 Å². The maximum absolute atomic E-state index is 12.5. The van der Waals surface area contributed by atoms with E-state index in [4.69, 9.17) is 10.5 Å². The second-order valence-electron chi connectivity index (χ2n) is 3.82. The van der Waals surface area contributed by atoms with Crippen molar-refractivity contribution in [3.8, 4) is 5.75 Å². The fraction of sp³-hybridized carbons (Fsp3) is 0.455. The van der Waals surface area contributed by atoms with Crippen LogP contribution in [0.25, 0.3) is 0 Å². The first kappa shape index (κ1) is 14.1. The largest absolute Gasteiger partial charge is 0.493 e. The van der Waals surface area contributed by atoms with Crippen LogP contribution in [0.1, 0.15) is 23.5 Å². The Labute approximate surface area is 103 Å². The van der Waals surface area contributed by atoms with Crippen molar-refractivity contribution in [2.45, 2.75) is 18.5 Å². The molecule has 6 heteroatoms. The van der Waals surface area contributed by atoms with E-state index in [1.807, 2.05) is 0 Å². The van der Waals surface area contributed by atoms with Gasteiger partial charge in [0.05, 0.1) is 12.2 Å². The van der Waals surface area contributed by atoms with Crippen LogP contribution in [-0.2, 0) is 6.18 Å². The van der Waals surface area contributed by atoms with Crippen molar-refractivity contribution in [3.63, 3.8) is 0 Å². The van der Waals surface area contributed by atoms with Crippen LogP contribution in [-0.4, -0.2) is 13.2 Å². The van der Waals surface area contributed by atoms with Crippen molar-refractivity contribution in [1.82, 2.24) is 0 Å². The summed E-state index contributed by atoms with van der Waals surface area (Å²) in [4.78, 5) is 0. The summed E-state index contributed by atoms with van der Waals surface area (Å²) in [6.07, 6.45) is -3.64. The second kappa shape index (κ2) is 5.14. The number of nitrogens with two attached hydrogens (primary N) is 1. The molecule has 96 valence electrons. The van der Waals surface area contributed by atoms with E-state index >= 15 is 0 Å². The van der Waals surface area contributed by atoms with Crippen LogP contribution < -0.4 is 10.5 Å². The first-order chi connectivity index (χ1) is 7.52. The third-order valence-electron chi connectivity index (χ3n) is 2.79. The molecule has 1 aromatic carbocycles. The van der Waals surface area contributed by atoms with Crippen LogP contribution >= 0.6 is 12.4 Å².